The number of alkyl halides is 3. The number of aliphatic imine (C=N–C) groups is 1. The molecule has 188 valence electrons. The molecule has 2 aromatic carbocycles. The molecule has 0 amide bonds. The van der Waals surface area contributed by atoms with E-state index in [-0.39, 0.29) is 5.41 Å². The molecule has 2 heterocycles. The van der Waals surface area contributed by atoms with Crippen LogP contribution in [0.4, 0.5) is 18.9 Å². The standard InChI is InChI=1S/C25H24N2O2.C2HF3O2/c1-18-14-16-26-24-22(29-21-6-4-3-5-7-21)12-13-23-25(18,24)15-17-27(23)19-8-10-20(28-2)11-9-19;3-2(4,5)1(6)7/h3-14,16,18H,15,17H2,1-2H3;(H,6,7). The van der Waals surface area contributed by atoms with E-state index in [1.54, 1.807) is 7.11 Å². The summed E-state index contributed by atoms with van der Waals surface area (Å²) in [4.78, 5) is 16.1. The summed E-state index contributed by atoms with van der Waals surface area (Å²) in [5.41, 5.74) is 3.34. The molecule has 2 aliphatic heterocycles. The van der Waals surface area contributed by atoms with Crippen molar-refractivity contribution in [2.24, 2.45) is 16.3 Å². The smallest absolute Gasteiger partial charge is 0.490 e. The zero-order chi connectivity index (χ0) is 25.9. The first-order valence-electron chi connectivity index (χ1n) is 11.3. The number of hydrogen-bond donors (Lipinski definition) is 1. The van der Waals surface area contributed by atoms with Gasteiger partial charge in [0.25, 0.3) is 0 Å². The molecule has 6 nitrogen and oxygen atoms in total. The van der Waals surface area contributed by atoms with Crippen molar-refractivity contribution in [2.75, 3.05) is 18.6 Å². The van der Waals surface area contributed by atoms with Gasteiger partial charge in [0.05, 0.1) is 18.2 Å². The average Bonchev–Trinajstić information content (AvgIpc) is 3.25. The van der Waals surface area contributed by atoms with Gasteiger partial charge in [-0.15, -0.1) is 0 Å². The molecule has 9 heteroatoms. The normalized spacial score (nSPS) is 22.2. The molecular weight excluding hydrogens is 473 g/mol. The number of carboxylic acids is 1. The molecule has 2 unspecified atom stereocenters. The topological polar surface area (TPSA) is 71.4 Å². The van der Waals surface area contributed by atoms with Gasteiger partial charge in [0.2, 0.25) is 0 Å². The molecule has 5 rings (SSSR count). The molecule has 3 aliphatic rings. The highest BCUT2D eigenvalue weighted by molar-refractivity contribution is 6.08. The summed E-state index contributed by atoms with van der Waals surface area (Å²) in [6.07, 6.45) is 4.33. The second-order valence-corrected chi connectivity index (χ2v) is 8.48. The molecule has 2 atom stereocenters. The molecule has 1 spiro atoms. The fraction of sp³-hybridized carbons (Fsp3) is 0.259. The van der Waals surface area contributed by atoms with Crippen LogP contribution in [0.2, 0.25) is 0 Å². The van der Waals surface area contributed by atoms with Crippen LogP contribution in [0.5, 0.6) is 11.5 Å². The first-order valence-corrected chi connectivity index (χ1v) is 11.3. The van der Waals surface area contributed by atoms with Crippen molar-refractivity contribution >= 4 is 17.4 Å². The van der Waals surface area contributed by atoms with Crippen LogP contribution in [0.25, 0.3) is 0 Å². The van der Waals surface area contributed by atoms with Crippen LogP contribution >= 0.6 is 0 Å². The molecule has 2 aromatic rings. The number of allylic oxidation sites excluding steroid dienone is 5. The van der Waals surface area contributed by atoms with Gasteiger partial charge in [-0.05, 0) is 60.9 Å². The average molecular weight is 499 g/mol. The molecule has 36 heavy (non-hydrogen) atoms. The number of carbonyl (C=O) groups is 1. The second-order valence-electron chi connectivity index (χ2n) is 8.48. The zero-order valence-electron chi connectivity index (χ0n) is 19.7. The van der Waals surface area contributed by atoms with Crippen LogP contribution in [0, 0.1) is 11.3 Å². The number of anilines is 1. The first-order chi connectivity index (χ1) is 17.2. The van der Waals surface area contributed by atoms with E-state index in [0.29, 0.717) is 5.92 Å². The molecule has 1 fully saturated rings. The molecule has 1 aliphatic carbocycles. The number of methoxy groups -OCH3 is 1. The fourth-order valence-electron chi connectivity index (χ4n) is 4.70. The van der Waals surface area contributed by atoms with Crippen molar-refractivity contribution in [1.29, 1.82) is 0 Å². The highest BCUT2D eigenvalue weighted by atomic mass is 19.4. The lowest BCUT2D eigenvalue weighted by Gasteiger charge is -2.41. The summed E-state index contributed by atoms with van der Waals surface area (Å²) in [6.45, 7) is 3.23. The van der Waals surface area contributed by atoms with E-state index in [1.165, 1.54) is 11.4 Å². The third-order valence-electron chi connectivity index (χ3n) is 6.48. The maximum absolute atomic E-state index is 10.6. The molecule has 0 bridgehead atoms. The van der Waals surface area contributed by atoms with Crippen molar-refractivity contribution in [3.8, 4) is 11.5 Å². The van der Waals surface area contributed by atoms with Crippen LogP contribution in [0.15, 0.2) is 95.5 Å². The lowest BCUT2D eigenvalue weighted by molar-refractivity contribution is -0.192. The van der Waals surface area contributed by atoms with Crippen LogP contribution in [0.3, 0.4) is 0 Å². The van der Waals surface area contributed by atoms with Gasteiger partial charge in [0.15, 0.2) is 0 Å². The Balaban J connectivity index is 0.000000384. The van der Waals surface area contributed by atoms with Crippen molar-refractivity contribution in [3.05, 3.63) is 90.5 Å². The van der Waals surface area contributed by atoms with E-state index >= 15 is 0 Å². The first kappa shape index (κ1) is 25.1. The molecule has 1 saturated heterocycles. The number of halogens is 3. The minimum Gasteiger partial charge on any atom is -0.497 e. The highest BCUT2D eigenvalue weighted by Gasteiger charge is 2.53. The summed E-state index contributed by atoms with van der Waals surface area (Å²) in [6, 6.07) is 18.2. The Morgan fingerprint density at radius 2 is 1.75 bits per heavy atom. The summed E-state index contributed by atoms with van der Waals surface area (Å²) in [7, 11) is 1.70. The Morgan fingerprint density at radius 1 is 1.08 bits per heavy atom. The Morgan fingerprint density at radius 3 is 2.36 bits per heavy atom. The van der Waals surface area contributed by atoms with E-state index in [0.717, 1.165) is 35.9 Å². The van der Waals surface area contributed by atoms with Crippen LogP contribution in [0.1, 0.15) is 13.3 Å². The number of benzene rings is 2. The van der Waals surface area contributed by atoms with Gasteiger partial charge >= 0.3 is 12.1 Å². The van der Waals surface area contributed by atoms with E-state index in [2.05, 4.69) is 42.2 Å². The van der Waals surface area contributed by atoms with E-state index in [9.17, 15) is 13.2 Å². The number of para-hydroxylation sites is 1. The highest BCUT2D eigenvalue weighted by Crippen LogP contribution is 2.53. The second kappa shape index (κ2) is 9.93. The molecule has 0 saturated carbocycles. The summed E-state index contributed by atoms with van der Waals surface area (Å²) < 4.78 is 43.3. The predicted molar refractivity (Wildman–Crippen MR) is 130 cm³/mol. The van der Waals surface area contributed by atoms with Crippen molar-refractivity contribution in [3.63, 3.8) is 0 Å². The van der Waals surface area contributed by atoms with Gasteiger partial charge in [-0.2, -0.15) is 13.2 Å². The van der Waals surface area contributed by atoms with Gasteiger partial charge in [-0.25, -0.2) is 4.79 Å². The Hall–Kier alpha value is -4.01. The summed E-state index contributed by atoms with van der Waals surface area (Å²) in [5.74, 6) is 0.128. The van der Waals surface area contributed by atoms with Gasteiger partial charge < -0.3 is 19.5 Å². The third kappa shape index (κ3) is 4.73. The Kier molecular flexibility index (Phi) is 6.92. The number of ether oxygens (including phenoxy) is 2. The molecule has 1 N–H and O–H groups in total. The predicted octanol–water partition coefficient (Wildman–Crippen LogP) is 5.99. The molecule has 0 aromatic heterocycles. The maximum Gasteiger partial charge on any atom is 0.490 e. The molecule has 0 radical (unpaired) electrons. The summed E-state index contributed by atoms with van der Waals surface area (Å²) >= 11 is 0. The third-order valence-corrected chi connectivity index (χ3v) is 6.48. The lowest BCUT2D eigenvalue weighted by atomic mass is 9.66. The number of carboxylic acid groups (broad SMARTS) is 1. The largest absolute Gasteiger partial charge is 0.497 e. The van der Waals surface area contributed by atoms with Gasteiger partial charge in [-0.3, -0.25) is 4.99 Å². The van der Waals surface area contributed by atoms with E-state index in [4.69, 9.17) is 24.4 Å². The number of rotatable bonds is 4. The molecular formula is C27H25F3N2O4. The van der Waals surface area contributed by atoms with Crippen molar-refractivity contribution < 1.29 is 32.5 Å². The Bertz CT molecular complexity index is 1230. The van der Waals surface area contributed by atoms with Gasteiger partial charge in [0, 0.05) is 24.1 Å². The van der Waals surface area contributed by atoms with Gasteiger partial charge in [0.1, 0.15) is 17.3 Å². The summed E-state index contributed by atoms with van der Waals surface area (Å²) in [5, 5.41) is 7.12. The number of aliphatic carboxylic acids is 1. The van der Waals surface area contributed by atoms with E-state index in [1.807, 2.05) is 48.7 Å². The quantitative estimate of drug-likeness (QED) is 0.561. The minimum absolute atomic E-state index is 0.159. The van der Waals surface area contributed by atoms with E-state index < -0.39 is 12.1 Å². The zero-order valence-corrected chi connectivity index (χ0v) is 19.7. The van der Waals surface area contributed by atoms with Crippen LogP contribution < -0.4 is 14.4 Å². The van der Waals surface area contributed by atoms with Gasteiger partial charge in [-0.1, -0.05) is 31.2 Å². The lowest BCUT2D eigenvalue weighted by Crippen LogP contribution is -2.42. The maximum atomic E-state index is 10.6. The number of hydrogen-bond acceptors (Lipinski definition) is 5. The number of nitrogens with zero attached hydrogens (tertiary/aromatic N) is 2. The SMILES string of the molecule is COc1ccc(N2CCC34C2=CC=C(Oc2ccccc2)C3=NC=CC4C)cc1.O=C(O)C(F)(F)F. The van der Waals surface area contributed by atoms with Crippen LogP contribution in [-0.4, -0.2) is 36.6 Å². The van der Waals surface area contributed by atoms with Crippen molar-refractivity contribution in [1.82, 2.24) is 0 Å². The monoisotopic (exact) mass is 498 g/mol. The minimum atomic E-state index is -5.08. The Labute approximate surface area is 206 Å². The fourth-order valence-corrected chi connectivity index (χ4v) is 4.70. The van der Waals surface area contributed by atoms with Crippen LogP contribution in [-0.2, 0) is 4.79 Å². The van der Waals surface area contributed by atoms with Crippen molar-refractivity contribution in [2.45, 2.75) is 19.5 Å².